The molecule has 0 spiro atoms. The largest absolute Gasteiger partial charge is 0.481 e. The lowest BCUT2D eigenvalue weighted by Gasteiger charge is -2.25. The van der Waals surface area contributed by atoms with Crippen LogP contribution in [0.3, 0.4) is 0 Å². The van der Waals surface area contributed by atoms with Gasteiger partial charge in [-0.3, -0.25) is 18.7 Å². The molecule has 0 saturated carbocycles. The quantitative estimate of drug-likeness (QED) is 0.530. The lowest BCUT2D eigenvalue weighted by molar-refractivity contribution is -0.136. The monoisotopic (exact) mass is 528 g/mol. The fourth-order valence-electron chi connectivity index (χ4n) is 5.85. The molecule has 0 unspecified atom stereocenters. The molecule has 0 amide bonds. The summed E-state index contributed by atoms with van der Waals surface area (Å²) >= 11 is 0. The molecule has 1 fully saturated rings. The Kier molecular flexibility index (Phi) is 7.84. The van der Waals surface area contributed by atoms with E-state index in [4.69, 9.17) is 0 Å². The topological polar surface area (TPSA) is 87.8 Å². The number of aromatic nitrogens is 2. The Hall–Kier alpha value is -3.91. The molecule has 0 radical (unpaired) electrons. The highest BCUT2D eigenvalue weighted by Gasteiger charge is 2.21. The van der Waals surface area contributed by atoms with Gasteiger partial charge in [-0.25, -0.2) is 4.79 Å². The summed E-state index contributed by atoms with van der Waals surface area (Å²) in [5.74, 6) is -0.142. The maximum Gasteiger partial charge on any atom is 0.332 e. The first-order chi connectivity index (χ1) is 18.8. The Morgan fingerprint density at radius 3 is 2.46 bits per heavy atom. The molecule has 5 rings (SSSR count). The van der Waals surface area contributed by atoms with Gasteiger partial charge < -0.3 is 14.9 Å². The minimum Gasteiger partial charge on any atom is -0.481 e. The lowest BCUT2D eigenvalue weighted by atomic mass is 9.91. The van der Waals surface area contributed by atoms with Gasteiger partial charge in [-0.2, -0.15) is 0 Å². The van der Waals surface area contributed by atoms with Crippen molar-refractivity contribution >= 4 is 17.4 Å². The summed E-state index contributed by atoms with van der Waals surface area (Å²) in [6.07, 6.45) is 6.06. The summed E-state index contributed by atoms with van der Waals surface area (Å²) in [4.78, 5) is 40.6. The number of rotatable bonds is 6. The van der Waals surface area contributed by atoms with Gasteiger partial charge in [-0.1, -0.05) is 48.5 Å². The molecule has 2 aliphatic rings. The number of hydrogen-bond acceptors (Lipinski definition) is 5. The van der Waals surface area contributed by atoms with Crippen LogP contribution in [0.1, 0.15) is 40.7 Å². The van der Waals surface area contributed by atoms with E-state index in [1.54, 1.807) is 17.7 Å². The van der Waals surface area contributed by atoms with Crippen LogP contribution in [0.15, 0.2) is 64.2 Å². The number of carboxylic acids is 1. The maximum atomic E-state index is 12.4. The van der Waals surface area contributed by atoms with Crippen LogP contribution < -0.4 is 16.1 Å². The average Bonchev–Trinajstić information content (AvgIpc) is 3.25. The SMILES string of the molecule is Cn1c(N2CCCN(CC/C=C3\c4ccccc4CCc4ccc(CC(=O)O)cc43)CC2)cc(=O)n(C)c1=O. The van der Waals surface area contributed by atoms with Gasteiger partial charge in [0.2, 0.25) is 0 Å². The fraction of sp³-hybridized carbons (Fsp3) is 0.387. The number of aryl methyl sites for hydroxylation is 2. The highest BCUT2D eigenvalue weighted by Crippen LogP contribution is 2.34. The van der Waals surface area contributed by atoms with Crippen LogP contribution in [0.5, 0.6) is 0 Å². The predicted octanol–water partition coefficient (Wildman–Crippen LogP) is 2.84. The van der Waals surface area contributed by atoms with E-state index >= 15 is 0 Å². The molecular weight excluding hydrogens is 492 g/mol. The first kappa shape index (κ1) is 26.7. The smallest absolute Gasteiger partial charge is 0.332 e. The second-order valence-corrected chi connectivity index (χ2v) is 10.5. The first-order valence-corrected chi connectivity index (χ1v) is 13.7. The minimum atomic E-state index is -0.819. The van der Waals surface area contributed by atoms with Gasteiger partial charge >= 0.3 is 11.7 Å². The molecule has 1 saturated heterocycles. The summed E-state index contributed by atoms with van der Waals surface area (Å²) in [6.45, 7) is 4.25. The third-order valence-corrected chi connectivity index (χ3v) is 8.00. The molecule has 2 aromatic carbocycles. The third-order valence-electron chi connectivity index (χ3n) is 8.00. The molecule has 1 N–H and O–H groups in total. The van der Waals surface area contributed by atoms with E-state index in [9.17, 15) is 19.5 Å². The van der Waals surface area contributed by atoms with E-state index in [-0.39, 0.29) is 17.7 Å². The molecule has 0 atom stereocenters. The Balaban J connectivity index is 1.34. The van der Waals surface area contributed by atoms with Crippen LogP contribution >= 0.6 is 0 Å². The first-order valence-electron chi connectivity index (χ1n) is 13.7. The molecule has 1 aliphatic heterocycles. The molecule has 8 heteroatoms. The van der Waals surface area contributed by atoms with Gasteiger partial charge in [0.1, 0.15) is 5.82 Å². The van der Waals surface area contributed by atoms with Crippen molar-refractivity contribution in [2.75, 3.05) is 37.6 Å². The van der Waals surface area contributed by atoms with Gasteiger partial charge in [0.15, 0.2) is 0 Å². The Morgan fingerprint density at radius 1 is 0.897 bits per heavy atom. The van der Waals surface area contributed by atoms with E-state index in [0.29, 0.717) is 5.82 Å². The molecule has 8 nitrogen and oxygen atoms in total. The van der Waals surface area contributed by atoms with Gasteiger partial charge in [-0.05, 0) is 65.6 Å². The van der Waals surface area contributed by atoms with Crippen molar-refractivity contribution in [1.29, 1.82) is 0 Å². The fourth-order valence-corrected chi connectivity index (χ4v) is 5.85. The van der Waals surface area contributed by atoms with Gasteiger partial charge in [0.05, 0.1) is 6.42 Å². The number of benzene rings is 2. The van der Waals surface area contributed by atoms with Crippen LogP contribution in [-0.4, -0.2) is 57.8 Å². The highest BCUT2D eigenvalue weighted by atomic mass is 16.4. The maximum absolute atomic E-state index is 12.4. The number of anilines is 1. The van der Waals surface area contributed by atoms with Crippen molar-refractivity contribution < 1.29 is 9.90 Å². The number of fused-ring (bicyclic) bond motifs is 2. The Bertz CT molecular complexity index is 1530. The van der Waals surface area contributed by atoms with Gasteiger partial charge in [-0.15, -0.1) is 0 Å². The molecular formula is C31H36N4O4. The second-order valence-electron chi connectivity index (χ2n) is 10.5. The number of hydrogen-bond donors (Lipinski definition) is 1. The molecule has 39 heavy (non-hydrogen) atoms. The van der Waals surface area contributed by atoms with E-state index in [2.05, 4.69) is 52.3 Å². The third kappa shape index (κ3) is 5.76. The van der Waals surface area contributed by atoms with E-state index in [0.717, 1.165) is 74.1 Å². The molecule has 3 aromatic rings. The van der Waals surface area contributed by atoms with Crippen molar-refractivity contribution in [3.8, 4) is 0 Å². The Labute approximate surface area is 228 Å². The zero-order valence-electron chi connectivity index (χ0n) is 22.7. The predicted molar refractivity (Wildman–Crippen MR) is 154 cm³/mol. The number of aliphatic carboxylic acids is 1. The van der Waals surface area contributed by atoms with Crippen molar-refractivity contribution in [2.24, 2.45) is 14.1 Å². The summed E-state index contributed by atoms with van der Waals surface area (Å²) < 4.78 is 2.69. The van der Waals surface area contributed by atoms with Crippen LogP contribution in [0.4, 0.5) is 5.82 Å². The molecule has 204 valence electrons. The Morgan fingerprint density at radius 2 is 1.67 bits per heavy atom. The molecule has 0 bridgehead atoms. The van der Waals surface area contributed by atoms with E-state index < -0.39 is 5.97 Å². The summed E-state index contributed by atoms with van der Waals surface area (Å²) in [5.41, 5.74) is 6.39. The molecule has 1 aliphatic carbocycles. The number of carbonyl (C=O) groups is 1. The van der Waals surface area contributed by atoms with Gasteiger partial charge in [0, 0.05) is 46.3 Å². The highest BCUT2D eigenvalue weighted by molar-refractivity contribution is 5.84. The summed E-state index contributed by atoms with van der Waals surface area (Å²) in [6, 6.07) is 16.2. The van der Waals surface area contributed by atoms with Crippen LogP contribution in [0.25, 0.3) is 5.57 Å². The molecule has 2 heterocycles. The van der Waals surface area contributed by atoms with Crippen LogP contribution in [0.2, 0.25) is 0 Å². The summed E-state index contributed by atoms with van der Waals surface area (Å²) in [7, 11) is 3.22. The lowest BCUT2D eigenvalue weighted by Crippen LogP contribution is -2.41. The average molecular weight is 529 g/mol. The van der Waals surface area contributed by atoms with Crippen LogP contribution in [0, 0.1) is 0 Å². The zero-order valence-corrected chi connectivity index (χ0v) is 22.7. The minimum absolute atomic E-state index is 0.0194. The second kappa shape index (κ2) is 11.5. The zero-order chi connectivity index (χ0) is 27.5. The van der Waals surface area contributed by atoms with Crippen LogP contribution in [-0.2, 0) is 38.2 Å². The van der Waals surface area contributed by atoms with E-state index in [1.165, 1.54) is 29.3 Å². The van der Waals surface area contributed by atoms with Gasteiger partial charge in [0.25, 0.3) is 5.56 Å². The summed E-state index contributed by atoms with van der Waals surface area (Å²) in [5, 5.41) is 9.35. The number of nitrogens with zero attached hydrogens (tertiary/aromatic N) is 4. The number of carboxylic acid groups (broad SMARTS) is 1. The van der Waals surface area contributed by atoms with Crippen molar-refractivity contribution in [3.63, 3.8) is 0 Å². The van der Waals surface area contributed by atoms with Crippen molar-refractivity contribution in [1.82, 2.24) is 14.0 Å². The normalized spacial score (nSPS) is 16.9. The molecule has 1 aromatic heterocycles. The van der Waals surface area contributed by atoms with E-state index in [1.807, 2.05) is 6.07 Å². The van der Waals surface area contributed by atoms with Crippen molar-refractivity contribution in [2.45, 2.75) is 32.1 Å². The van der Waals surface area contributed by atoms with Crippen molar-refractivity contribution in [3.05, 3.63) is 103 Å². The standard InChI is InChI=1S/C31H36N4O4/c1-32-28(21-29(36)33(2)31(32)39)35-16-6-15-34(17-18-35)14-5-9-26-25-8-4-3-7-23(25)12-13-24-11-10-22(19-27(24)26)20-30(37)38/h3-4,7-11,19,21H,5-6,12-18,20H2,1-2H3,(H,37,38)/b26-9+.